The highest BCUT2D eigenvalue weighted by Crippen LogP contribution is 2.23. The zero-order valence-electron chi connectivity index (χ0n) is 13.0. The van der Waals surface area contributed by atoms with E-state index in [0.29, 0.717) is 13.1 Å². The molecule has 1 fully saturated rings. The van der Waals surface area contributed by atoms with E-state index in [4.69, 9.17) is 0 Å². The number of anilines is 1. The van der Waals surface area contributed by atoms with Crippen molar-refractivity contribution in [2.75, 3.05) is 31.1 Å². The zero-order valence-corrected chi connectivity index (χ0v) is 14.6. The molecular weight excluding hydrogens is 340 g/mol. The predicted molar refractivity (Wildman–Crippen MR) is 97.8 cm³/mol. The van der Waals surface area contributed by atoms with E-state index in [-0.39, 0.29) is 5.91 Å². The van der Waals surface area contributed by atoms with Gasteiger partial charge in [-0.3, -0.25) is 4.79 Å². The Labute approximate surface area is 148 Å². The van der Waals surface area contributed by atoms with Gasteiger partial charge in [0.05, 0.1) is 17.9 Å². The molecule has 0 aliphatic carbocycles. The highest BCUT2D eigenvalue weighted by atomic mass is 32.1. The molecule has 0 N–H and O–H groups in total. The number of nitrogens with zero attached hydrogens (tertiary/aromatic N) is 4. The molecule has 3 heterocycles. The summed E-state index contributed by atoms with van der Waals surface area (Å²) in [6, 6.07) is 9.98. The lowest BCUT2D eigenvalue weighted by Gasteiger charge is -2.34. The molecule has 5 nitrogen and oxygen atoms in total. The Kier molecular flexibility index (Phi) is 4.27. The average molecular weight is 356 g/mol. The average Bonchev–Trinajstić information content (AvgIpc) is 3.35. The highest BCUT2D eigenvalue weighted by molar-refractivity contribution is 7.08. The van der Waals surface area contributed by atoms with Gasteiger partial charge in [-0.05, 0) is 40.1 Å². The molecule has 0 spiro atoms. The van der Waals surface area contributed by atoms with Crippen LogP contribution < -0.4 is 4.90 Å². The number of amides is 1. The minimum atomic E-state index is 0.0999. The first-order valence-electron chi connectivity index (χ1n) is 7.76. The molecule has 122 valence electrons. The normalized spacial score (nSPS) is 14.8. The van der Waals surface area contributed by atoms with E-state index in [1.54, 1.807) is 17.5 Å². The molecule has 1 aromatic carbocycles. The minimum Gasteiger partial charge on any atom is -0.351 e. The quantitative estimate of drug-likeness (QED) is 0.723. The van der Waals surface area contributed by atoms with Gasteiger partial charge in [-0.1, -0.05) is 12.1 Å². The molecule has 0 bridgehead atoms. The fourth-order valence-electron chi connectivity index (χ4n) is 2.85. The van der Waals surface area contributed by atoms with Gasteiger partial charge in [0.2, 0.25) is 0 Å². The number of carbonyl (C=O) groups excluding carboxylic acids is 1. The summed E-state index contributed by atoms with van der Waals surface area (Å²) in [6.45, 7) is 3.01. The summed E-state index contributed by atoms with van der Waals surface area (Å²) in [5.41, 5.74) is 3.09. The SMILES string of the molecule is O=C(c1ccc(-c2ccsc2)cc1)N1CCN(c2cnsn2)CC1. The number of piperazine rings is 1. The summed E-state index contributed by atoms with van der Waals surface area (Å²) < 4.78 is 8.29. The predicted octanol–water partition coefficient (Wildman–Crippen LogP) is 3.23. The Morgan fingerprint density at radius 3 is 2.42 bits per heavy atom. The van der Waals surface area contributed by atoms with Crippen LogP contribution in [0.5, 0.6) is 0 Å². The third-order valence-electron chi connectivity index (χ3n) is 4.23. The first-order chi connectivity index (χ1) is 11.8. The van der Waals surface area contributed by atoms with E-state index >= 15 is 0 Å². The molecule has 2 aromatic heterocycles. The molecule has 0 saturated carbocycles. The lowest BCUT2D eigenvalue weighted by molar-refractivity contribution is 0.0746. The van der Waals surface area contributed by atoms with E-state index in [1.807, 2.05) is 29.2 Å². The van der Waals surface area contributed by atoms with Crippen molar-refractivity contribution in [3.05, 3.63) is 52.9 Å². The van der Waals surface area contributed by atoms with Gasteiger partial charge in [0.25, 0.3) is 5.91 Å². The molecule has 4 rings (SSSR count). The Morgan fingerprint density at radius 2 is 1.79 bits per heavy atom. The molecule has 0 radical (unpaired) electrons. The third-order valence-corrected chi connectivity index (χ3v) is 5.38. The Morgan fingerprint density at radius 1 is 1.00 bits per heavy atom. The highest BCUT2D eigenvalue weighted by Gasteiger charge is 2.23. The number of hydrogen-bond acceptors (Lipinski definition) is 6. The van der Waals surface area contributed by atoms with Crippen molar-refractivity contribution >= 4 is 34.8 Å². The molecule has 0 unspecified atom stereocenters. The van der Waals surface area contributed by atoms with Gasteiger partial charge in [0.15, 0.2) is 5.82 Å². The smallest absolute Gasteiger partial charge is 0.253 e. The van der Waals surface area contributed by atoms with Gasteiger partial charge >= 0.3 is 0 Å². The van der Waals surface area contributed by atoms with Crippen LogP contribution in [0.15, 0.2) is 47.3 Å². The van der Waals surface area contributed by atoms with E-state index < -0.39 is 0 Å². The van der Waals surface area contributed by atoms with Crippen LogP contribution in [0.2, 0.25) is 0 Å². The molecule has 0 atom stereocenters. The molecule has 7 heteroatoms. The van der Waals surface area contributed by atoms with Gasteiger partial charge in [-0.15, -0.1) is 0 Å². The Bertz CT molecular complexity index is 792. The molecular formula is C17H16N4OS2. The van der Waals surface area contributed by atoms with E-state index in [9.17, 15) is 4.79 Å². The summed E-state index contributed by atoms with van der Waals surface area (Å²) in [5, 5.41) is 4.18. The van der Waals surface area contributed by atoms with Gasteiger partial charge in [0.1, 0.15) is 0 Å². The fourth-order valence-corrected chi connectivity index (χ4v) is 3.95. The first-order valence-corrected chi connectivity index (χ1v) is 9.43. The second-order valence-corrected chi connectivity index (χ2v) is 6.97. The maximum atomic E-state index is 12.7. The summed E-state index contributed by atoms with van der Waals surface area (Å²) in [5.74, 6) is 1.01. The maximum absolute atomic E-state index is 12.7. The first kappa shape index (κ1) is 15.3. The van der Waals surface area contributed by atoms with Crippen LogP contribution in [0.25, 0.3) is 11.1 Å². The van der Waals surface area contributed by atoms with E-state index in [1.165, 1.54) is 17.3 Å². The summed E-state index contributed by atoms with van der Waals surface area (Å²) in [7, 11) is 0. The van der Waals surface area contributed by atoms with Crippen LogP contribution in [0.4, 0.5) is 5.82 Å². The standard InChI is InChI=1S/C17H16N4OS2/c22-17(14-3-1-13(2-4-14)15-5-10-23-12-15)21-8-6-20(7-9-21)16-11-18-24-19-16/h1-5,10-12H,6-9H2. The maximum Gasteiger partial charge on any atom is 0.253 e. The number of hydrogen-bond donors (Lipinski definition) is 0. The lowest BCUT2D eigenvalue weighted by Crippen LogP contribution is -2.48. The number of benzene rings is 1. The van der Waals surface area contributed by atoms with Crippen LogP contribution in [0, 0.1) is 0 Å². The molecule has 1 aliphatic heterocycles. The molecule has 1 aliphatic rings. The van der Waals surface area contributed by atoms with Crippen LogP contribution in [0.1, 0.15) is 10.4 Å². The second kappa shape index (κ2) is 6.70. The van der Waals surface area contributed by atoms with E-state index in [0.717, 1.165) is 30.0 Å². The summed E-state index contributed by atoms with van der Waals surface area (Å²) >= 11 is 2.89. The van der Waals surface area contributed by atoms with E-state index in [2.05, 4.69) is 30.5 Å². The summed E-state index contributed by atoms with van der Waals surface area (Å²) in [4.78, 5) is 16.8. The van der Waals surface area contributed by atoms with Gasteiger partial charge < -0.3 is 9.80 Å². The van der Waals surface area contributed by atoms with Crippen molar-refractivity contribution in [3.63, 3.8) is 0 Å². The lowest BCUT2D eigenvalue weighted by atomic mass is 10.1. The van der Waals surface area contributed by atoms with Crippen molar-refractivity contribution < 1.29 is 4.79 Å². The van der Waals surface area contributed by atoms with Gasteiger partial charge in [-0.2, -0.15) is 20.1 Å². The monoisotopic (exact) mass is 356 g/mol. The number of thiophene rings is 1. The Hall–Kier alpha value is -2.25. The molecule has 1 saturated heterocycles. The van der Waals surface area contributed by atoms with Crippen molar-refractivity contribution in [1.82, 2.24) is 13.6 Å². The van der Waals surface area contributed by atoms with Crippen molar-refractivity contribution in [3.8, 4) is 11.1 Å². The van der Waals surface area contributed by atoms with Crippen molar-refractivity contribution in [2.24, 2.45) is 0 Å². The van der Waals surface area contributed by atoms with Crippen LogP contribution in [0.3, 0.4) is 0 Å². The Balaban J connectivity index is 1.41. The summed E-state index contributed by atoms with van der Waals surface area (Å²) in [6.07, 6.45) is 1.78. The van der Waals surface area contributed by atoms with Crippen molar-refractivity contribution in [2.45, 2.75) is 0 Å². The molecule has 3 aromatic rings. The topological polar surface area (TPSA) is 49.3 Å². The molecule has 24 heavy (non-hydrogen) atoms. The van der Waals surface area contributed by atoms with Gasteiger partial charge in [-0.25, -0.2) is 0 Å². The third kappa shape index (κ3) is 3.05. The number of rotatable bonds is 3. The zero-order chi connectivity index (χ0) is 16.4. The number of aromatic nitrogens is 2. The fraction of sp³-hybridized carbons (Fsp3) is 0.235. The minimum absolute atomic E-state index is 0.0999. The molecule has 1 amide bonds. The van der Waals surface area contributed by atoms with Crippen LogP contribution in [-0.4, -0.2) is 45.7 Å². The van der Waals surface area contributed by atoms with Gasteiger partial charge in [0, 0.05) is 31.7 Å². The second-order valence-electron chi connectivity index (χ2n) is 5.63. The van der Waals surface area contributed by atoms with Crippen LogP contribution >= 0.6 is 23.1 Å². The van der Waals surface area contributed by atoms with Crippen molar-refractivity contribution in [1.29, 1.82) is 0 Å². The largest absolute Gasteiger partial charge is 0.351 e. The van der Waals surface area contributed by atoms with Crippen LogP contribution in [-0.2, 0) is 0 Å². The number of carbonyl (C=O) groups is 1.